The Morgan fingerprint density at radius 1 is 1.67 bits per heavy atom. The molecular formula is C13H19N3O2. The second-order valence-electron chi connectivity index (χ2n) is 4.52. The van der Waals surface area contributed by atoms with Gasteiger partial charge in [0.05, 0.1) is 7.11 Å². The second-order valence-corrected chi connectivity index (χ2v) is 4.52. The lowest BCUT2D eigenvalue weighted by molar-refractivity contribution is -0.147. The normalized spacial score (nSPS) is 20.7. The number of carbonyl (C=O) groups excluding carboxylic acids is 1. The zero-order chi connectivity index (χ0) is 13.0. The van der Waals surface area contributed by atoms with Gasteiger partial charge in [-0.25, -0.2) is 0 Å². The lowest BCUT2D eigenvalue weighted by Gasteiger charge is -2.34. The lowest BCUT2D eigenvalue weighted by Crippen LogP contribution is -2.54. The first-order chi connectivity index (χ1) is 8.70. The van der Waals surface area contributed by atoms with Gasteiger partial charge in [-0.05, 0) is 24.6 Å². The molecule has 1 N–H and O–H groups in total. The van der Waals surface area contributed by atoms with Crippen molar-refractivity contribution >= 4 is 5.97 Å². The Kier molecular flexibility index (Phi) is 4.28. The van der Waals surface area contributed by atoms with Gasteiger partial charge in [0.15, 0.2) is 0 Å². The molecule has 0 aromatic carbocycles. The first kappa shape index (κ1) is 13.0. The number of hydrogen-bond donors (Lipinski definition) is 1. The zero-order valence-electron chi connectivity index (χ0n) is 10.8. The van der Waals surface area contributed by atoms with Crippen molar-refractivity contribution < 1.29 is 9.53 Å². The summed E-state index contributed by atoms with van der Waals surface area (Å²) in [5.41, 5.74) is 2.18. The van der Waals surface area contributed by atoms with E-state index >= 15 is 0 Å². The topological polar surface area (TPSA) is 54.5 Å². The van der Waals surface area contributed by atoms with Gasteiger partial charge in [0, 0.05) is 38.1 Å². The molecular weight excluding hydrogens is 230 g/mol. The molecule has 1 aromatic heterocycles. The number of hydrogen-bond acceptors (Lipinski definition) is 5. The van der Waals surface area contributed by atoms with Gasteiger partial charge in [-0.2, -0.15) is 0 Å². The van der Waals surface area contributed by atoms with Gasteiger partial charge in [0.25, 0.3) is 0 Å². The van der Waals surface area contributed by atoms with Crippen LogP contribution in [0.2, 0.25) is 0 Å². The van der Waals surface area contributed by atoms with E-state index < -0.39 is 0 Å². The van der Waals surface area contributed by atoms with Crippen LogP contribution in [-0.2, 0) is 16.1 Å². The Labute approximate surface area is 107 Å². The van der Waals surface area contributed by atoms with E-state index in [1.165, 1.54) is 12.7 Å². The maximum Gasteiger partial charge on any atom is 0.324 e. The molecule has 1 aromatic rings. The van der Waals surface area contributed by atoms with Crippen LogP contribution in [0.4, 0.5) is 0 Å². The minimum Gasteiger partial charge on any atom is -0.468 e. The average molecular weight is 249 g/mol. The molecule has 0 aliphatic carbocycles. The highest BCUT2D eigenvalue weighted by Crippen LogP contribution is 2.11. The molecule has 0 bridgehead atoms. The average Bonchev–Trinajstić information content (AvgIpc) is 2.38. The minimum atomic E-state index is -0.197. The summed E-state index contributed by atoms with van der Waals surface area (Å²) in [5, 5.41) is 3.22. The van der Waals surface area contributed by atoms with E-state index in [9.17, 15) is 4.79 Å². The third-order valence-corrected chi connectivity index (χ3v) is 3.17. The summed E-state index contributed by atoms with van der Waals surface area (Å²) < 4.78 is 4.85. The van der Waals surface area contributed by atoms with Crippen LogP contribution in [0.5, 0.6) is 0 Å². The summed E-state index contributed by atoms with van der Waals surface area (Å²) in [6, 6.07) is 3.84. The molecule has 2 rings (SSSR count). The van der Waals surface area contributed by atoms with E-state index in [1.54, 1.807) is 6.20 Å². The summed E-state index contributed by atoms with van der Waals surface area (Å²) >= 11 is 0. The fraction of sp³-hybridized carbons (Fsp3) is 0.538. The number of aryl methyl sites for hydroxylation is 1. The number of ether oxygens (including phenoxy) is 1. The Morgan fingerprint density at radius 2 is 2.50 bits per heavy atom. The highest BCUT2D eigenvalue weighted by molar-refractivity contribution is 5.76. The number of aromatic nitrogens is 1. The van der Waals surface area contributed by atoms with Crippen LogP contribution in [0.1, 0.15) is 11.3 Å². The van der Waals surface area contributed by atoms with E-state index in [4.69, 9.17) is 4.74 Å². The Balaban J connectivity index is 2.07. The number of piperazine rings is 1. The third kappa shape index (κ3) is 3.05. The van der Waals surface area contributed by atoms with Gasteiger partial charge in [0.1, 0.15) is 6.04 Å². The number of nitrogens with zero attached hydrogens (tertiary/aromatic N) is 2. The largest absolute Gasteiger partial charge is 0.468 e. The van der Waals surface area contributed by atoms with E-state index in [-0.39, 0.29) is 12.0 Å². The van der Waals surface area contributed by atoms with Crippen LogP contribution in [0, 0.1) is 6.92 Å². The van der Waals surface area contributed by atoms with Gasteiger partial charge < -0.3 is 10.1 Å². The molecule has 0 unspecified atom stereocenters. The van der Waals surface area contributed by atoms with Crippen LogP contribution in [-0.4, -0.2) is 48.6 Å². The molecule has 0 amide bonds. The van der Waals surface area contributed by atoms with Gasteiger partial charge in [-0.1, -0.05) is 0 Å². The predicted octanol–water partition coefficient (Wildman–Crippen LogP) is 0.337. The first-order valence-electron chi connectivity index (χ1n) is 6.15. The van der Waals surface area contributed by atoms with E-state index in [1.807, 2.05) is 13.0 Å². The Morgan fingerprint density at radius 3 is 3.22 bits per heavy atom. The molecule has 5 nitrogen and oxygen atoms in total. The molecule has 98 valence electrons. The maximum atomic E-state index is 11.7. The van der Waals surface area contributed by atoms with Crippen molar-refractivity contribution in [2.24, 2.45) is 0 Å². The minimum absolute atomic E-state index is 0.173. The van der Waals surface area contributed by atoms with Crippen LogP contribution >= 0.6 is 0 Å². The highest BCUT2D eigenvalue weighted by atomic mass is 16.5. The van der Waals surface area contributed by atoms with Gasteiger partial charge in [0.2, 0.25) is 0 Å². The summed E-state index contributed by atoms with van der Waals surface area (Å²) in [4.78, 5) is 18.0. The highest BCUT2D eigenvalue weighted by Gasteiger charge is 2.29. The molecule has 0 radical (unpaired) electrons. The Bertz CT molecular complexity index is 422. The SMILES string of the molecule is COC(=O)[C@@H]1CNCCN1Cc1ccnc(C)c1. The molecule has 1 fully saturated rings. The van der Waals surface area contributed by atoms with E-state index in [0.717, 1.165) is 25.3 Å². The second kappa shape index (κ2) is 5.93. The predicted molar refractivity (Wildman–Crippen MR) is 68.1 cm³/mol. The van der Waals surface area contributed by atoms with Crippen molar-refractivity contribution in [2.45, 2.75) is 19.5 Å². The fourth-order valence-corrected chi connectivity index (χ4v) is 2.24. The molecule has 18 heavy (non-hydrogen) atoms. The molecule has 5 heteroatoms. The van der Waals surface area contributed by atoms with Crippen molar-refractivity contribution in [1.29, 1.82) is 0 Å². The number of rotatable bonds is 3. The molecule has 1 aliphatic heterocycles. The van der Waals surface area contributed by atoms with Crippen LogP contribution < -0.4 is 5.32 Å². The maximum absolute atomic E-state index is 11.7. The number of pyridine rings is 1. The Hall–Kier alpha value is -1.46. The van der Waals surface area contributed by atoms with Crippen LogP contribution in [0.3, 0.4) is 0 Å². The number of methoxy groups -OCH3 is 1. The summed E-state index contributed by atoms with van der Waals surface area (Å²) in [7, 11) is 1.44. The molecule has 1 atom stereocenters. The molecule has 1 aliphatic rings. The third-order valence-electron chi connectivity index (χ3n) is 3.17. The van der Waals surface area contributed by atoms with Crippen molar-refractivity contribution in [2.75, 3.05) is 26.7 Å². The zero-order valence-corrected chi connectivity index (χ0v) is 10.8. The van der Waals surface area contributed by atoms with Crippen molar-refractivity contribution in [3.05, 3.63) is 29.6 Å². The molecule has 0 saturated carbocycles. The van der Waals surface area contributed by atoms with Gasteiger partial charge in [-0.3, -0.25) is 14.7 Å². The van der Waals surface area contributed by atoms with E-state index in [0.29, 0.717) is 6.54 Å². The van der Waals surface area contributed by atoms with Crippen LogP contribution in [0.15, 0.2) is 18.3 Å². The first-order valence-corrected chi connectivity index (χ1v) is 6.15. The van der Waals surface area contributed by atoms with Crippen molar-refractivity contribution in [3.63, 3.8) is 0 Å². The van der Waals surface area contributed by atoms with Gasteiger partial charge in [-0.15, -0.1) is 0 Å². The number of esters is 1. The fourth-order valence-electron chi connectivity index (χ4n) is 2.24. The molecule has 1 saturated heterocycles. The van der Waals surface area contributed by atoms with Crippen molar-refractivity contribution in [1.82, 2.24) is 15.2 Å². The molecule has 2 heterocycles. The monoisotopic (exact) mass is 249 g/mol. The summed E-state index contributed by atoms with van der Waals surface area (Å²) in [6.07, 6.45) is 1.81. The van der Waals surface area contributed by atoms with Crippen molar-refractivity contribution in [3.8, 4) is 0 Å². The number of carbonyl (C=O) groups is 1. The number of nitrogens with one attached hydrogen (secondary N) is 1. The van der Waals surface area contributed by atoms with Crippen LogP contribution in [0.25, 0.3) is 0 Å². The van der Waals surface area contributed by atoms with E-state index in [2.05, 4.69) is 21.3 Å². The summed E-state index contributed by atoms with van der Waals surface area (Å²) in [5.74, 6) is -0.173. The van der Waals surface area contributed by atoms with Gasteiger partial charge >= 0.3 is 5.97 Å². The molecule has 0 spiro atoms. The summed E-state index contributed by atoms with van der Waals surface area (Å²) in [6.45, 7) is 5.12. The lowest BCUT2D eigenvalue weighted by atomic mass is 10.1. The quantitative estimate of drug-likeness (QED) is 0.783. The smallest absolute Gasteiger partial charge is 0.324 e. The standard InChI is InChI=1S/C13H19N3O2/c1-10-7-11(3-4-15-10)9-16-6-5-14-8-12(16)13(17)18-2/h3-4,7,12,14H,5-6,8-9H2,1-2H3/t12-/m0/s1.